The van der Waals surface area contributed by atoms with Crippen LogP contribution in [-0.4, -0.2) is 11.0 Å². The van der Waals surface area contributed by atoms with Gasteiger partial charge in [0, 0.05) is 0 Å². The number of phenolic OH excluding ortho intramolecular Hbond substituents is 1. The smallest absolute Gasteiger partial charge is 0.259 e. The van der Waals surface area contributed by atoms with Crippen molar-refractivity contribution in [3.63, 3.8) is 0 Å². The van der Waals surface area contributed by atoms with Crippen molar-refractivity contribution in [2.45, 2.75) is 6.92 Å². The van der Waals surface area contributed by atoms with Crippen molar-refractivity contribution < 1.29 is 14.3 Å². The van der Waals surface area contributed by atoms with E-state index in [-0.39, 0.29) is 11.3 Å². The normalized spacial score (nSPS) is 10.3. The first-order valence-corrected chi connectivity index (χ1v) is 5.91. The van der Waals surface area contributed by atoms with Crippen molar-refractivity contribution >= 4 is 23.2 Å². The Labute approximate surface area is 114 Å². The van der Waals surface area contributed by atoms with Gasteiger partial charge in [0.05, 0.1) is 16.3 Å². The summed E-state index contributed by atoms with van der Waals surface area (Å²) < 4.78 is 13.1. The van der Waals surface area contributed by atoms with Crippen LogP contribution in [-0.2, 0) is 0 Å². The highest BCUT2D eigenvalue weighted by molar-refractivity contribution is 6.34. The van der Waals surface area contributed by atoms with E-state index < -0.39 is 11.7 Å². The van der Waals surface area contributed by atoms with Crippen LogP contribution < -0.4 is 5.32 Å². The SMILES string of the molecule is Cc1ccc(Cl)c(NC(=O)c2cc(F)ccc2O)c1. The van der Waals surface area contributed by atoms with E-state index >= 15 is 0 Å². The molecule has 2 aromatic carbocycles. The summed E-state index contributed by atoms with van der Waals surface area (Å²) in [6, 6.07) is 8.31. The van der Waals surface area contributed by atoms with Crippen LogP contribution in [0.5, 0.6) is 5.75 Å². The lowest BCUT2D eigenvalue weighted by Gasteiger charge is -2.09. The molecular weight excluding hydrogens is 269 g/mol. The van der Waals surface area contributed by atoms with Crippen molar-refractivity contribution in [2.24, 2.45) is 0 Å². The Bertz CT molecular complexity index is 643. The van der Waals surface area contributed by atoms with E-state index in [1.165, 1.54) is 0 Å². The molecule has 98 valence electrons. The number of benzene rings is 2. The standard InChI is InChI=1S/C14H11ClFNO2/c1-8-2-4-11(15)12(6-8)17-14(19)10-7-9(16)3-5-13(10)18/h2-7,18H,1H3,(H,17,19). The van der Waals surface area contributed by atoms with Crippen LogP contribution in [0.4, 0.5) is 10.1 Å². The van der Waals surface area contributed by atoms with E-state index in [4.69, 9.17) is 11.6 Å². The van der Waals surface area contributed by atoms with Crippen LogP contribution in [0.25, 0.3) is 0 Å². The number of aromatic hydroxyl groups is 1. The summed E-state index contributed by atoms with van der Waals surface area (Å²) in [6.07, 6.45) is 0. The third-order valence-electron chi connectivity index (χ3n) is 2.57. The van der Waals surface area contributed by atoms with Crippen molar-refractivity contribution in [1.29, 1.82) is 0 Å². The van der Waals surface area contributed by atoms with Gasteiger partial charge in [0.1, 0.15) is 11.6 Å². The summed E-state index contributed by atoms with van der Waals surface area (Å²) in [6.45, 7) is 1.85. The summed E-state index contributed by atoms with van der Waals surface area (Å²) in [5.74, 6) is -1.51. The van der Waals surface area contributed by atoms with Gasteiger partial charge < -0.3 is 10.4 Å². The van der Waals surface area contributed by atoms with Gasteiger partial charge in [-0.3, -0.25) is 4.79 Å². The second-order valence-corrected chi connectivity index (χ2v) is 4.51. The zero-order valence-corrected chi connectivity index (χ0v) is 10.8. The molecule has 0 aliphatic carbocycles. The van der Waals surface area contributed by atoms with E-state index in [0.29, 0.717) is 10.7 Å². The molecule has 0 unspecified atom stereocenters. The first kappa shape index (κ1) is 13.4. The monoisotopic (exact) mass is 279 g/mol. The fraction of sp³-hybridized carbons (Fsp3) is 0.0714. The predicted octanol–water partition coefficient (Wildman–Crippen LogP) is 3.75. The highest BCUT2D eigenvalue weighted by atomic mass is 35.5. The second kappa shape index (κ2) is 5.28. The molecule has 19 heavy (non-hydrogen) atoms. The van der Waals surface area contributed by atoms with Gasteiger partial charge in [-0.2, -0.15) is 0 Å². The first-order chi connectivity index (χ1) is 8.97. The van der Waals surface area contributed by atoms with Gasteiger partial charge in [-0.25, -0.2) is 4.39 Å². The number of aryl methyl sites for hydroxylation is 1. The van der Waals surface area contributed by atoms with Crippen LogP contribution in [0.1, 0.15) is 15.9 Å². The van der Waals surface area contributed by atoms with Gasteiger partial charge in [0.25, 0.3) is 5.91 Å². The van der Waals surface area contributed by atoms with Crippen LogP contribution >= 0.6 is 11.6 Å². The average Bonchev–Trinajstić information content (AvgIpc) is 2.36. The molecule has 0 aliphatic heterocycles. The van der Waals surface area contributed by atoms with E-state index in [2.05, 4.69) is 5.32 Å². The quantitative estimate of drug-likeness (QED) is 0.880. The van der Waals surface area contributed by atoms with E-state index in [1.54, 1.807) is 18.2 Å². The van der Waals surface area contributed by atoms with Crippen LogP contribution in [0.2, 0.25) is 5.02 Å². The number of nitrogens with one attached hydrogen (secondary N) is 1. The summed E-state index contributed by atoms with van der Waals surface area (Å²) in [7, 11) is 0. The Kier molecular flexibility index (Phi) is 3.71. The van der Waals surface area contributed by atoms with E-state index in [0.717, 1.165) is 23.8 Å². The largest absolute Gasteiger partial charge is 0.507 e. The Morgan fingerprint density at radius 2 is 2.00 bits per heavy atom. The number of rotatable bonds is 2. The Hall–Kier alpha value is -2.07. The number of hydrogen-bond acceptors (Lipinski definition) is 2. The minimum atomic E-state index is -0.621. The van der Waals surface area contributed by atoms with Crippen molar-refractivity contribution in [3.05, 3.63) is 58.4 Å². The lowest BCUT2D eigenvalue weighted by atomic mass is 10.1. The first-order valence-electron chi connectivity index (χ1n) is 5.53. The molecule has 0 saturated heterocycles. The molecule has 0 spiro atoms. The molecule has 0 radical (unpaired) electrons. The Morgan fingerprint density at radius 3 is 2.74 bits per heavy atom. The molecular formula is C14H11ClFNO2. The molecule has 5 heteroatoms. The van der Waals surface area contributed by atoms with Gasteiger partial charge >= 0.3 is 0 Å². The molecule has 0 saturated carbocycles. The third kappa shape index (κ3) is 3.03. The predicted molar refractivity (Wildman–Crippen MR) is 72.2 cm³/mol. The number of halogens is 2. The number of carbonyl (C=O) groups excluding carboxylic acids is 1. The minimum absolute atomic E-state index is 0.141. The third-order valence-corrected chi connectivity index (χ3v) is 2.90. The molecule has 0 aromatic heterocycles. The van der Waals surface area contributed by atoms with Crippen molar-refractivity contribution in [2.75, 3.05) is 5.32 Å². The molecule has 2 aromatic rings. The molecule has 0 aliphatic rings. The molecule has 0 bridgehead atoms. The van der Waals surface area contributed by atoms with Crippen LogP contribution in [0.15, 0.2) is 36.4 Å². The highest BCUT2D eigenvalue weighted by Crippen LogP contribution is 2.25. The molecule has 0 fully saturated rings. The van der Waals surface area contributed by atoms with Crippen molar-refractivity contribution in [1.82, 2.24) is 0 Å². The van der Waals surface area contributed by atoms with Crippen LogP contribution in [0.3, 0.4) is 0 Å². The highest BCUT2D eigenvalue weighted by Gasteiger charge is 2.13. The summed E-state index contributed by atoms with van der Waals surface area (Å²) in [5.41, 5.74) is 1.19. The number of carbonyl (C=O) groups is 1. The summed E-state index contributed by atoms with van der Waals surface area (Å²) in [4.78, 5) is 12.0. The van der Waals surface area contributed by atoms with Gasteiger partial charge in [-0.1, -0.05) is 17.7 Å². The number of anilines is 1. The molecule has 0 heterocycles. The Morgan fingerprint density at radius 1 is 1.26 bits per heavy atom. The van der Waals surface area contributed by atoms with Gasteiger partial charge in [0.2, 0.25) is 0 Å². The number of amides is 1. The summed E-state index contributed by atoms with van der Waals surface area (Å²) >= 11 is 5.95. The van der Waals surface area contributed by atoms with Crippen molar-refractivity contribution in [3.8, 4) is 5.75 Å². The van der Waals surface area contributed by atoms with Crippen LogP contribution in [0, 0.1) is 12.7 Å². The lowest BCUT2D eigenvalue weighted by molar-refractivity contribution is 0.102. The molecule has 2 N–H and O–H groups in total. The maximum atomic E-state index is 13.1. The van der Waals surface area contributed by atoms with Gasteiger partial charge in [-0.05, 0) is 42.8 Å². The molecule has 1 amide bonds. The fourth-order valence-electron chi connectivity index (χ4n) is 1.61. The molecule has 0 atom stereocenters. The Balaban J connectivity index is 2.30. The molecule has 3 nitrogen and oxygen atoms in total. The number of phenols is 1. The average molecular weight is 280 g/mol. The number of hydrogen-bond donors (Lipinski definition) is 2. The van der Waals surface area contributed by atoms with Gasteiger partial charge in [0.15, 0.2) is 0 Å². The zero-order valence-electron chi connectivity index (χ0n) is 10.1. The maximum Gasteiger partial charge on any atom is 0.259 e. The lowest BCUT2D eigenvalue weighted by Crippen LogP contribution is -2.12. The zero-order chi connectivity index (χ0) is 14.0. The minimum Gasteiger partial charge on any atom is -0.507 e. The van der Waals surface area contributed by atoms with Gasteiger partial charge in [-0.15, -0.1) is 0 Å². The second-order valence-electron chi connectivity index (χ2n) is 4.10. The molecule has 2 rings (SSSR count). The van der Waals surface area contributed by atoms with E-state index in [1.807, 2.05) is 6.92 Å². The van der Waals surface area contributed by atoms with E-state index in [9.17, 15) is 14.3 Å². The topological polar surface area (TPSA) is 49.3 Å². The fourth-order valence-corrected chi connectivity index (χ4v) is 1.78. The summed E-state index contributed by atoms with van der Waals surface area (Å²) in [5, 5.41) is 12.5. The maximum absolute atomic E-state index is 13.1.